The van der Waals surface area contributed by atoms with Crippen molar-refractivity contribution in [2.24, 2.45) is 11.8 Å². The highest BCUT2D eigenvalue weighted by Crippen LogP contribution is 2.46. The van der Waals surface area contributed by atoms with Crippen LogP contribution in [0.4, 0.5) is 0 Å². The summed E-state index contributed by atoms with van der Waals surface area (Å²) < 4.78 is 0.189. The van der Waals surface area contributed by atoms with Gasteiger partial charge in [-0.15, -0.1) is 0 Å². The molecule has 4 aliphatic rings. The number of fused-ring (bicyclic) bond motifs is 6. The molecule has 0 saturated carbocycles. The summed E-state index contributed by atoms with van der Waals surface area (Å²) in [7, 11) is 0. The summed E-state index contributed by atoms with van der Waals surface area (Å²) >= 11 is 0. The second-order valence-corrected chi connectivity index (χ2v) is 7.72. The van der Waals surface area contributed by atoms with Gasteiger partial charge in [-0.05, 0) is 39.0 Å². The molecule has 0 aromatic heterocycles. The number of piperidine rings is 4. The van der Waals surface area contributed by atoms with Gasteiger partial charge in [0.1, 0.15) is 0 Å². The van der Waals surface area contributed by atoms with Gasteiger partial charge in [0.15, 0.2) is 0 Å². The number of quaternary nitrogens is 1. The third-order valence-electron chi connectivity index (χ3n) is 6.69. The molecule has 4 saturated heterocycles. The predicted molar refractivity (Wildman–Crippen MR) is 76.4 cm³/mol. The molecule has 4 fully saturated rings. The van der Waals surface area contributed by atoms with E-state index >= 15 is 0 Å². The molecule has 3 nitrogen and oxygen atoms in total. The summed E-state index contributed by atoms with van der Waals surface area (Å²) in [5.74, 6) is 1.40. The summed E-state index contributed by atoms with van der Waals surface area (Å²) in [5.41, 5.74) is 0. The fraction of sp³-hybridized carbons (Fsp3) is 1.00. The van der Waals surface area contributed by atoms with Gasteiger partial charge < -0.3 is 9.85 Å². The Balaban J connectivity index is 1.62. The molecular weight excluding hydrogens is 236 g/mol. The highest BCUT2D eigenvalue weighted by atomic mass is 16.5. The standard InChI is InChI=1S/C16H28N2O/c1-12-5-4-6-15-14-9-13(10-17(12)15)16-7-2-3-8-18(16,19)11-14/h12-16H,2-11H2,1H3/t12?,13-,14-,15-,16+,18?/m0/s1. The van der Waals surface area contributed by atoms with E-state index in [2.05, 4.69) is 11.8 Å². The lowest BCUT2D eigenvalue weighted by Crippen LogP contribution is -2.70. The molecule has 2 bridgehead atoms. The van der Waals surface area contributed by atoms with Crippen LogP contribution >= 0.6 is 0 Å². The molecule has 4 heterocycles. The average Bonchev–Trinajstić information content (AvgIpc) is 2.39. The van der Waals surface area contributed by atoms with Gasteiger partial charge in [-0.2, -0.15) is 0 Å². The molecule has 0 radical (unpaired) electrons. The molecule has 108 valence electrons. The zero-order valence-electron chi connectivity index (χ0n) is 12.3. The van der Waals surface area contributed by atoms with Crippen LogP contribution < -0.4 is 0 Å². The molecule has 2 unspecified atom stereocenters. The van der Waals surface area contributed by atoms with Gasteiger partial charge in [-0.1, -0.05) is 6.42 Å². The highest BCUT2D eigenvalue weighted by Gasteiger charge is 2.52. The topological polar surface area (TPSA) is 26.3 Å². The van der Waals surface area contributed by atoms with Gasteiger partial charge >= 0.3 is 0 Å². The lowest BCUT2D eigenvalue weighted by molar-refractivity contribution is -0.925. The van der Waals surface area contributed by atoms with Crippen molar-refractivity contribution < 1.29 is 4.65 Å². The maximum atomic E-state index is 13.2. The van der Waals surface area contributed by atoms with Crippen molar-refractivity contribution in [3.63, 3.8) is 0 Å². The van der Waals surface area contributed by atoms with Crippen molar-refractivity contribution in [2.45, 2.75) is 70.0 Å². The summed E-state index contributed by atoms with van der Waals surface area (Å²) in [5, 5.41) is 13.2. The third-order valence-corrected chi connectivity index (χ3v) is 6.69. The number of hydrogen-bond donors (Lipinski definition) is 0. The zero-order chi connectivity index (χ0) is 13.0. The normalized spacial score (nSPS) is 54.3. The van der Waals surface area contributed by atoms with Crippen molar-refractivity contribution >= 4 is 0 Å². The fourth-order valence-corrected chi connectivity index (χ4v) is 5.85. The van der Waals surface area contributed by atoms with Crippen LogP contribution in [0.5, 0.6) is 0 Å². The van der Waals surface area contributed by atoms with E-state index in [4.69, 9.17) is 0 Å². The van der Waals surface area contributed by atoms with E-state index in [0.29, 0.717) is 17.9 Å². The Labute approximate surface area is 117 Å². The van der Waals surface area contributed by atoms with E-state index in [1.54, 1.807) is 0 Å². The van der Waals surface area contributed by atoms with Crippen LogP contribution in [0.2, 0.25) is 0 Å². The van der Waals surface area contributed by atoms with E-state index in [1.807, 2.05) is 0 Å². The molecule has 4 aliphatic heterocycles. The van der Waals surface area contributed by atoms with Crippen molar-refractivity contribution in [3.8, 4) is 0 Å². The Hall–Kier alpha value is -0.120. The second kappa shape index (κ2) is 4.44. The van der Waals surface area contributed by atoms with Gasteiger partial charge in [0.25, 0.3) is 0 Å². The zero-order valence-corrected chi connectivity index (χ0v) is 12.3. The smallest absolute Gasteiger partial charge is 0.0928 e. The summed E-state index contributed by atoms with van der Waals surface area (Å²) in [4.78, 5) is 2.79. The minimum Gasteiger partial charge on any atom is -0.633 e. The molecule has 0 aliphatic carbocycles. The van der Waals surface area contributed by atoms with E-state index in [1.165, 1.54) is 51.5 Å². The molecule has 19 heavy (non-hydrogen) atoms. The van der Waals surface area contributed by atoms with Gasteiger partial charge in [0, 0.05) is 36.9 Å². The molecule has 0 N–H and O–H groups in total. The summed E-state index contributed by atoms with van der Waals surface area (Å²) in [6.45, 7) is 5.50. The summed E-state index contributed by atoms with van der Waals surface area (Å²) in [6, 6.07) is 1.95. The van der Waals surface area contributed by atoms with Gasteiger partial charge in [0.2, 0.25) is 0 Å². The van der Waals surface area contributed by atoms with Crippen LogP contribution in [0.3, 0.4) is 0 Å². The minimum atomic E-state index is 0.189. The number of rotatable bonds is 0. The first-order valence-corrected chi connectivity index (χ1v) is 8.51. The van der Waals surface area contributed by atoms with Crippen LogP contribution in [0.15, 0.2) is 0 Å². The van der Waals surface area contributed by atoms with Crippen molar-refractivity contribution in [1.82, 2.24) is 4.90 Å². The Kier molecular flexibility index (Phi) is 2.95. The Morgan fingerprint density at radius 2 is 1.95 bits per heavy atom. The van der Waals surface area contributed by atoms with E-state index < -0.39 is 0 Å². The van der Waals surface area contributed by atoms with E-state index in [-0.39, 0.29) is 4.65 Å². The van der Waals surface area contributed by atoms with Crippen LogP contribution in [0, 0.1) is 17.0 Å². The third kappa shape index (κ3) is 1.89. The van der Waals surface area contributed by atoms with E-state index in [0.717, 1.165) is 25.2 Å². The van der Waals surface area contributed by atoms with Crippen LogP contribution in [-0.4, -0.2) is 47.3 Å². The quantitative estimate of drug-likeness (QED) is 0.497. The van der Waals surface area contributed by atoms with Crippen LogP contribution in [0.25, 0.3) is 0 Å². The van der Waals surface area contributed by atoms with Crippen molar-refractivity contribution in [2.75, 3.05) is 19.6 Å². The predicted octanol–water partition coefficient (Wildman–Crippen LogP) is 2.75. The lowest BCUT2D eigenvalue weighted by Gasteiger charge is -2.64. The largest absolute Gasteiger partial charge is 0.633 e. The molecule has 0 amide bonds. The highest BCUT2D eigenvalue weighted by molar-refractivity contribution is 4.98. The maximum Gasteiger partial charge on any atom is 0.0928 e. The first kappa shape index (κ1) is 12.6. The molecule has 0 aromatic rings. The number of hydrogen-bond acceptors (Lipinski definition) is 2. The van der Waals surface area contributed by atoms with Crippen LogP contribution in [-0.2, 0) is 0 Å². The Morgan fingerprint density at radius 3 is 2.84 bits per heavy atom. The Morgan fingerprint density at radius 1 is 1.05 bits per heavy atom. The molecule has 3 heteroatoms. The fourth-order valence-electron chi connectivity index (χ4n) is 5.85. The average molecular weight is 264 g/mol. The number of hydroxylamine groups is 3. The second-order valence-electron chi connectivity index (χ2n) is 7.72. The monoisotopic (exact) mass is 264 g/mol. The van der Waals surface area contributed by atoms with Crippen LogP contribution in [0.1, 0.15) is 51.9 Å². The molecule has 6 atom stereocenters. The van der Waals surface area contributed by atoms with Crippen molar-refractivity contribution in [1.29, 1.82) is 0 Å². The molecule has 4 rings (SSSR count). The van der Waals surface area contributed by atoms with Gasteiger partial charge in [-0.25, -0.2) is 0 Å². The first-order valence-electron chi connectivity index (χ1n) is 8.51. The van der Waals surface area contributed by atoms with Gasteiger partial charge in [0.05, 0.1) is 19.1 Å². The maximum absolute atomic E-state index is 13.2. The number of nitrogens with zero attached hydrogens (tertiary/aromatic N) is 2. The lowest BCUT2D eigenvalue weighted by atomic mass is 9.70. The van der Waals surface area contributed by atoms with E-state index in [9.17, 15) is 5.21 Å². The molecule has 0 spiro atoms. The SMILES string of the molecule is CC1CCC[C@H]2[C@H]3C[C@@H](CN12)[C@H]1CCCC[N+]1([O-])C3. The first-order chi connectivity index (χ1) is 9.17. The molecule has 0 aromatic carbocycles. The molecular formula is C16H28N2O. The van der Waals surface area contributed by atoms with Gasteiger partial charge in [-0.3, -0.25) is 4.90 Å². The Bertz CT molecular complexity index is 361. The summed E-state index contributed by atoms with van der Waals surface area (Å²) in [6.07, 6.45) is 9.14. The van der Waals surface area contributed by atoms with Crippen molar-refractivity contribution in [3.05, 3.63) is 5.21 Å². The minimum absolute atomic E-state index is 0.189.